The van der Waals surface area contributed by atoms with Crippen molar-refractivity contribution in [1.29, 1.82) is 0 Å². The van der Waals surface area contributed by atoms with Crippen molar-refractivity contribution in [2.45, 2.75) is 16.8 Å². The fourth-order valence-corrected chi connectivity index (χ4v) is 3.37. The molecule has 13 heavy (non-hydrogen) atoms. The third-order valence-corrected chi connectivity index (χ3v) is 4.19. The number of hydrogen-bond acceptors (Lipinski definition) is 0. The van der Waals surface area contributed by atoms with Crippen molar-refractivity contribution in [3.63, 3.8) is 0 Å². The van der Waals surface area contributed by atoms with E-state index in [0.29, 0.717) is 11.3 Å². The summed E-state index contributed by atoms with van der Waals surface area (Å²) >= 11 is 0. The zero-order valence-electron chi connectivity index (χ0n) is 6.77. The van der Waals surface area contributed by atoms with E-state index in [1.54, 1.807) is 24.3 Å². The van der Waals surface area contributed by atoms with Gasteiger partial charge in [0.05, 0.1) is 0 Å². The number of alkyl halides is 3. The first-order chi connectivity index (χ1) is 6.09. The fourth-order valence-electron chi connectivity index (χ4n) is 1.51. The van der Waals surface area contributed by atoms with Crippen molar-refractivity contribution < 1.29 is 13.2 Å². The van der Waals surface area contributed by atoms with E-state index in [2.05, 4.69) is 0 Å². The van der Waals surface area contributed by atoms with E-state index in [4.69, 9.17) is 0 Å². The Hall–Kier alpha value is -0.640. The van der Waals surface area contributed by atoms with Crippen LogP contribution in [0.1, 0.15) is 5.56 Å². The topological polar surface area (TPSA) is 0 Å². The van der Waals surface area contributed by atoms with Crippen molar-refractivity contribution in [2.75, 3.05) is 5.75 Å². The first-order valence-electron chi connectivity index (χ1n) is 3.94. The molecule has 1 aromatic carbocycles. The molecule has 0 aliphatic carbocycles. The van der Waals surface area contributed by atoms with Crippen LogP contribution < -0.4 is 0 Å². The van der Waals surface area contributed by atoms with Crippen molar-refractivity contribution in [3.8, 4) is 0 Å². The molecule has 0 radical (unpaired) electrons. The Morgan fingerprint density at radius 3 is 2.54 bits per heavy atom. The van der Waals surface area contributed by atoms with Crippen LogP contribution in [0.5, 0.6) is 0 Å². The maximum absolute atomic E-state index is 12.5. The average Bonchev–Trinajstić information content (AvgIpc) is 2.45. The number of hydrogen-bond donors (Lipinski definition) is 0. The average molecular weight is 205 g/mol. The minimum atomic E-state index is -4.05. The summed E-state index contributed by atoms with van der Waals surface area (Å²) in [5.41, 5.74) is -3.18. The number of halogens is 3. The normalized spacial score (nSPS) is 21.6. The van der Waals surface area contributed by atoms with E-state index in [9.17, 15) is 13.2 Å². The Labute approximate surface area is 77.1 Å². The molecule has 0 saturated heterocycles. The lowest BCUT2D eigenvalue weighted by molar-refractivity contribution is -0.0367. The van der Waals surface area contributed by atoms with E-state index < -0.39 is 16.4 Å². The summed E-state index contributed by atoms with van der Waals surface area (Å²) in [6, 6.07) is 6.85. The third-order valence-electron chi connectivity index (χ3n) is 2.09. The fraction of sp³-hybridized carbons (Fsp3) is 0.333. The van der Waals surface area contributed by atoms with Gasteiger partial charge in [0, 0.05) is 12.0 Å². The minimum Gasteiger partial charge on any atom is -0.122 e. The molecule has 0 nitrogen and oxygen atoms in total. The highest BCUT2D eigenvalue weighted by Crippen LogP contribution is 2.38. The molecule has 0 saturated carbocycles. The standard InChI is InChI=1S/C9H8F3S/c10-9(11,12)13-6-5-7-3-1-2-4-8(7)13/h1-4H,5-6H2/q+1. The van der Waals surface area contributed by atoms with Crippen LogP contribution in [0.2, 0.25) is 0 Å². The minimum absolute atomic E-state index is 0.239. The Balaban J connectivity index is 2.39. The zero-order chi connectivity index (χ0) is 9.47. The zero-order valence-corrected chi connectivity index (χ0v) is 7.58. The Morgan fingerprint density at radius 1 is 1.15 bits per heavy atom. The molecule has 0 bridgehead atoms. The highest BCUT2D eigenvalue weighted by atomic mass is 32.2. The van der Waals surface area contributed by atoms with Gasteiger partial charge in [0.15, 0.2) is 4.90 Å². The van der Waals surface area contributed by atoms with Gasteiger partial charge in [0.1, 0.15) is 16.6 Å². The summed E-state index contributed by atoms with van der Waals surface area (Å²) in [6.45, 7) is 0. The smallest absolute Gasteiger partial charge is 0.122 e. The maximum atomic E-state index is 12.5. The van der Waals surface area contributed by atoms with E-state index in [-0.39, 0.29) is 5.75 Å². The predicted molar refractivity (Wildman–Crippen MR) is 46.7 cm³/mol. The molecule has 70 valence electrons. The molecule has 1 unspecified atom stereocenters. The first-order valence-corrected chi connectivity index (χ1v) is 5.34. The Morgan fingerprint density at radius 2 is 1.85 bits per heavy atom. The molecule has 1 atom stereocenters. The van der Waals surface area contributed by atoms with Gasteiger partial charge in [-0.2, -0.15) is 0 Å². The molecule has 0 N–H and O–H groups in total. The van der Waals surface area contributed by atoms with Crippen molar-refractivity contribution in [3.05, 3.63) is 29.8 Å². The summed E-state index contributed by atoms with van der Waals surface area (Å²) in [6.07, 6.45) is 0.568. The van der Waals surface area contributed by atoms with Crippen LogP contribution in [0.3, 0.4) is 0 Å². The van der Waals surface area contributed by atoms with Crippen LogP contribution in [-0.4, -0.2) is 11.3 Å². The van der Waals surface area contributed by atoms with Gasteiger partial charge in [-0.3, -0.25) is 0 Å². The van der Waals surface area contributed by atoms with Gasteiger partial charge in [-0.25, -0.2) is 0 Å². The summed E-state index contributed by atoms with van der Waals surface area (Å²) < 4.78 is 37.4. The van der Waals surface area contributed by atoms with E-state index in [1.807, 2.05) is 0 Å². The molecule has 0 aromatic heterocycles. The van der Waals surface area contributed by atoms with Crippen LogP contribution in [0.25, 0.3) is 0 Å². The van der Waals surface area contributed by atoms with Crippen LogP contribution in [-0.2, 0) is 17.3 Å². The van der Waals surface area contributed by atoms with E-state index in [0.717, 1.165) is 5.56 Å². The number of rotatable bonds is 0. The lowest BCUT2D eigenvalue weighted by atomic mass is 10.2. The molecule has 1 aromatic rings. The molecular weight excluding hydrogens is 197 g/mol. The molecule has 0 spiro atoms. The van der Waals surface area contributed by atoms with Crippen molar-refractivity contribution in [2.24, 2.45) is 0 Å². The summed E-state index contributed by atoms with van der Waals surface area (Å²) in [4.78, 5) is 0.495. The maximum Gasteiger partial charge on any atom is 0.580 e. The van der Waals surface area contributed by atoms with Gasteiger partial charge >= 0.3 is 5.51 Å². The van der Waals surface area contributed by atoms with Crippen LogP contribution in [0, 0.1) is 0 Å². The molecule has 1 aliphatic heterocycles. The second-order valence-electron chi connectivity index (χ2n) is 2.90. The highest BCUT2D eigenvalue weighted by molar-refractivity contribution is 7.98. The van der Waals surface area contributed by atoms with E-state index in [1.165, 1.54) is 0 Å². The summed E-state index contributed by atoms with van der Waals surface area (Å²) in [7, 11) is -1.52. The number of fused-ring (bicyclic) bond motifs is 1. The van der Waals surface area contributed by atoms with Crippen molar-refractivity contribution in [1.82, 2.24) is 0 Å². The van der Waals surface area contributed by atoms with E-state index >= 15 is 0 Å². The highest BCUT2D eigenvalue weighted by Gasteiger charge is 2.55. The Bertz CT molecular complexity index is 319. The van der Waals surface area contributed by atoms with Crippen LogP contribution >= 0.6 is 0 Å². The monoisotopic (exact) mass is 205 g/mol. The largest absolute Gasteiger partial charge is 0.580 e. The lowest BCUT2D eigenvalue weighted by Crippen LogP contribution is -2.23. The van der Waals surface area contributed by atoms with Gasteiger partial charge in [-0.05, 0) is 6.07 Å². The van der Waals surface area contributed by atoms with Gasteiger partial charge in [0.2, 0.25) is 0 Å². The van der Waals surface area contributed by atoms with Crippen LogP contribution in [0.15, 0.2) is 29.2 Å². The predicted octanol–water partition coefficient (Wildman–Crippen LogP) is 2.74. The molecule has 2 rings (SSSR count). The lowest BCUT2D eigenvalue weighted by Gasteiger charge is -2.03. The summed E-state index contributed by atoms with van der Waals surface area (Å²) in [5.74, 6) is 0.239. The number of aryl methyl sites for hydroxylation is 1. The molecule has 1 heterocycles. The molecular formula is C9H8F3S+. The third kappa shape index (κ3) is 1.55. The van der Waals surface area contributed by atoms with Gasteiger partial charge in [0.25, 0.3) is 0 Å². The first kappa shape index (κ1) is 8.94. The van der Waals surface area contributed by atoms with Gasteiger partial charge < -0.3 is 0 Å². The second kappa shape index (κ2) is 2.94. The molecule has 0 amide bonds. The SMILES string of the molecule is FC(F)(F)[S+]1CCc2ccccc21. The second-order valence-corrected chi connectivity index (χ2v) is 4.99. The molecule has 4 heteroatoms. The Kier molecular flexibility index (Phi) is 2.02. The molecule has 0 fully saturated rings. The quantitative estimate of drug-likeness (QED) is 0.571. The van der Waals surface area contributed by atoms with Gasteiger partial charge in [-0.1, -0.05) is 18.2 Å². The van der Waals surface area contributed by atoms with Crippen LogP contribution in [0.4, 0.5) is 13.2 Å². The number of benzene rings is 1. The van der Waals surface area contributed by atoms with Crippen molar-refractivity contribution >= 4 is 10.9 Å². The van der Waals surface area contributed by atoms with Gasteiger partial charge in [-0.15, -0.1) is 13.2 Å². The summed E-state index contributed by atoms with van der Waals surface area (Å²) in [5, 5.41) is 0. The molecule has 1 aliphatic rings.